The zero-order valence-electron chi connectivity index (χ0n) is 14.9. The molecule has 0 spiro atoms. The Bertz CT molecular complexity index is 530. The largest absolute Gasteiger partial charge is 0.497 e. The first-order chi connectivity index (χ1) is 11.5. The van der Waals surface area contributed by atoms with Crippen molar-refractivity contribution >= 4 is 11.9 Å². The highest BCUT2D eigenvalue weighted by Crippen LogP contribution is 2.15. The van der Waals surface area contributed by atoms with Gasteiger partial charge in [0.2, 0.25) is 0 Å². The van der Waals surface area contributed by atoms with Crippen molar-refractivity contribution < 1.29 is 23.8 Å². The number of methoxy groups -OCH3 is 2. The molecule has 0 saturated carbocycles. The Morgan fingerprint density at radius 3 is 2.54 bits per heavy atom. The van der Waals surface area contributed by atoms with Gasteiger partial charge in [-0.25, -0.2) is 0 Å². The molecular weight excluding hydrogens is 310 g/mol. The average molecular weight is 337 g/mol. The number of ether oxygens (including phenoxy) is 3. The van der Waals surface area contributed by atoms with Gasteiger partial charge in [0, 0.05) is 25.3 Å². The molecule has 0 unspecified atom stereocenters. The monoisotopic (exact) mass is 337 g/mol. The van der Waals surface area contributed by atoms with Gasteiger partial charge < -0.3 is 19.1 Å². The highest BCUT2D eigenvalue weighted by atomic mass is 16.5. The van der Waals surface area contributed by atoms with E-state index in [2.05, 4.69) is 4.74 Å². The molecular formula is C18H27NO5. The normalized spacial score (nSPS) is 10.5. The van der Waals surface area contributed by atoms with Crippen molar-refractivity contribution in [3.05, 3.63) is 29.8 Å². The van der Waals surface area contributed by atoms with Gasteiger partial charge >= 0.3 is 5.97 Å². The summed E-state index contributed by atoms with van der Waals surface area (Å²) in [6.45, 7) is 5.33. The second-order valence-electron chi connectivity index (χ2n) is 5.62. The summed E-state index contributed by atoms with van der Waals surface area (Å²) in [7, 11) is 2.90. The third kappa shape index (κ3) is 7.00. The maximum atomic E-state index is 12.7. The average Bonchev–Trinajstić information content (AvgIpc) is 2.59. The highest BCUT2D eigenvalue weighted by molar-refractivity contribution is 5.94. The molecule has 0 N–H and O–H groups in total. The fourth-order valence-corrected chi connectivity index (χ4v) is 2.16. The van der Waals surface area contributed by atoms with Crippen LogP contribution >= 0.6 is 0 Å². The molecule has 0 aliphatic heterocycles. The predicted molar refractivity (Wildman–Crippen MR) is 91.2 cm³/mol. The summed E-state index contributed by atoms with van der Waals surface area (Å²) in [5.74, 6) is 0.149. The molecule has 6 heteroatoms. The number of esters is 1. The van der Waals surface area contributed by atoms with Crippen LogP contribution in [0.25, 0.3) is 0 Å². The van der Waals surface area contributed by atoms with Gasteiger partial charge in [0.25, 0.3) is 5.91 Å². The lowest BCUT2D eigenvalue weighted by Crippen LogP contribution is -2.34. The summed E-state index contributed by atoms with van der Waals surface area (Å²) in [6, 6.07) is 6.98. The van der Waals surface area contributed by atoms with Gasteiger partial charge in [-0.15, -0.1) is 0 Å². The number of benzene rings is 1. The third-order valence-electron chi connectivity index (χ3n) is 3.44. The molecule has 0 heterocycles. The lowest BCUT2D eigenvalue weighted by Gasteiger charge is -2.23. The summed E-state index contributed by atoms with van der Waals surface area (Å²) in [6.07, 6.45) is 1.02. The number of amides is 1. The van der Waals surface area contributed by atoms with Gasteiger partial charge in [-0.3, -0.25) is 9.59 Å². The van der Waals surface area contributed by atoms with Crippen LogP contribution < -0.4 is 4.74 Å². The van der Waals surface area contributed by atoms with Crippen LogP contribution in [0.2, 0.25) is 0 Å². The molecule has 134 valence electrons. The second-order valence-corrected chi connectivity index (χ2v) is 5.62. The number of nitrogens with zero attached hydrogens (tertiary/aromatic N) is 1. The van der Waals surface area contributed by atoms with E-state index in [-0.39, 0.29) is 24.4 Å². The van der Waals surface area contributed by atoms with E-state index >= 15 is 0 Å². The van der Waals surface area contributed by atoms with Crippen LogP contribution in [0.1, 0.15) is 37.0 Å². The topological polar surface area (TPSA) is 65.1 Å². The molecule has 0 aliphatic carbocycles. The Morgan fingerprint density at radius 1 is 1.17 bits per heavy atom. The Balaban J connectivity index is 2.73. The van der Waals surface area contributed by atoms with Crippen molar-refractivity contribution in [2.24, 2.45) is 0 Å². The van der Waals surface area contributed by atoms with Crippen molar-refractivity contribution in [1.29, 1.82) is 0 Å². The number of hydrogen-bond donors (Lipinski definition) is 0. The fraction of sp³-hybridized carbons (Fsp3) is 0.556. The molecule has 1 amide bonds. The van der Waals surface area contributed by atoms with Crippen molar-refractivity contribution in [3.63, 3.8) is 0 Å². The van der Waals surface area contributed by atoms with Crippen molar-refractivity contribution in [1.82, 2.24) is 4.90 Å². The van der Waals surface area contributed by atoms with Crippen LogP contribution in [0.15, 0.2) is 24.3 Å². The molecule has 0 atom stereocenters. The van der Waals surface area contributed by atoms with Crippen molar-refractivity contribution in [2.45, 2.75) is 32.8 Å². The smallest absolute Gasteiger partial charge is 0.307 e. The lowest BCUT2D eigenvalue weighted by molar-refractivity contribution is -0.140. The zero-order chi connectivity index (χ0) is 17.9. The number of rotatable bonds is 10. The summed E-state index contributed by atoms with van der Waals surface area (Å²) in [5.41, 5.74) is 0.531. The van der Waals surface area contributed by atoms with Crippen LogP contribution in [-0.2, 0) is 14.3 Å². The minimum absolute atomic E-state index is 0.137. The number of carbonyl (C=O) groups is 2. The second kappa shape index (κ2) is 10.6. The molecule has 1 rings (SSSR count). The van der Waals surface area contributed by atoms with E-state index in [9.17, 15) is 9.59 Å². The Labute approximate surface area is 143 Å². The Morgan fingerprint density at radius 2 is 1.92 bits per heavy atom. The van der Waals surface area contributed by atoms with Gasteiger partial charge in [0.15, 0.2) is 0 Å². The lowest BCUT2D eigenvalue weighted by atomic mass is 10.1. The maximum Gasteiger partial charge on any atom is 0.307 e. The molecule has 6 nitrogen and oxygen atoms in total. The van der Waals surface area contributed by atoms with E-state index in [1.165, 1.54) is 7.11 Å². The molecule has 0 fully saturated rings. The molecule has 1 aromatic rings. The van der Waals surface area contributed by atoms with E-state index < -0.39 is 0 Å². The Hall–Kier alpha value is -2.08. The fourth-order valence-electron chi connectivity index (χ4n) is 2.16. The SMILES string of the molecule is COC(=O)CCN(CCCOC(C)C)C(=O)c1cccc(OC)c1. The minimum atomic E-state index is -0.336. The molecule has 0 bridgehead atoms. The molecule has 0 aromatic heterocycles. The standard InChI is InChI=1S/C18H27NO5/c1-14(2)24-12-6-10-19(11-9-17(20)23-4)18(21)15-7-5-8-16(13-15)22-3/h5,7-8,13-14H,6,9-12H2,1-4H3. The number of carbonyl (C=O) groups excluding carboxylic acids is 2. The van der Waals surface area contributed by atoms with E-state index in [0.29, 0.717) is 37.4 Å². The van der Waals surface area contributed by atoms with Crippen LogP contribution in [0.3, 0.4) is 0 Å². The van der Waals surface area contributed by atoms with E-state index in [4.69, 9.17) is 9.47 Å². The molecule has 0 aliphatic rings. The Kier molecular flexibility index (Phi) is 8.86. The third-order valence-corrected chi connectivity index (χ3v) is 3.44. The van der Waals surface area contributed by atoms with Gasteiger partial charge in [0.05, 0.1) is 26.7 Å². The molecule has 0 saturated heterocycles. The first kappa shape index (κ1) is 20.0. The van der Waals surface area contributed by atoms with Gasteiger partial charge in [-0.2, -0.15) is 0 Å². The number of hydrogen-bond acceptors (Lipinski definition) is 5. The quantitative estimate of drug-likeness (QED) is 0.485. The summed E-state index contributed by atoms with van der Waals surface area (Å²) >= 11 is 0. The first-order valence-electron chi connectivity index (χ1n) is 8.09. The first-order valence-corrected chi connectivity index (χ1v) is 8.09. The van der Waals surface area contributed by atoms with Crippen molar-refractivity contribution in [2.75, 3.05) is 33.9 Å². The van der Waals surface area contributed by atoms with E-state index in [1.807, 2.05) is 13.8 Å². The predicted octanol–water partition coefficient (Wildman–Crippen LogP) is 2.52. The maximum absolute atomic E-state index is 12.7. The summed E-state index contributed by atoms with van der Waals surface area (Å²) in [4.78, 5) is 25.8. The van der Waals surface area contributed by atoms with Crippen LogP contribution in [0, 0.1) is 0 Å². The molecule has 1 aromatic carbocycles. The van der Waals surface area contributed by atoms with Gasteiger partial charge in [-0.1, -0.05) is 6.07 Å². The minimum Gasteiger partial charge on any atom is -0.497 e. The molecule has 24 heavy (non-hydrogen) atoms. The van der Waals surface area contributed by atoms with Gasteiger partial charge in [0.1, 0.15) is 5.75 Å². The zero-order valence-corrected chi connectivity index (χ0v) is 14.9. The van der Waals surface area contributed by atoms with E-state index in [1.54, 1.807) is 36.3 Å². The van der Waals surface area contributed by atoms with Crippen LogP contribution in [0.5, 0.6) is 5.75 Å². The van der Waals surface area contributed by atoms with Crippen LogP contribution in [0.4, 0.5) is 0 Å². The van der Waals surface area contributed by atoms with E-state index in [0.717, 1.165) is 0 Å². The highest BCUT2D eigenvalue weighted by Gasteiger charge is 2.17. The molecule has 0 radical (unpaired) electrons. The summed E-state index contributed by atoms with van der Waals surface area (Å²) in [5, 5.41) is 0. The van der Waals surface area contributed by atoms with Crippen molar-refractivity contribution in [3.8, 4) is 5.75 Å². The van der Waals surface area contributed by atoms with Crippen LogP contribution in [-0.4, -0.2) is 56.8 Å². The van der Waals surface area contributed by atoms with Gasteiger partial charge in [-0.05, 0) is 38.5 Å². The summed E-state index contributed by atoms with van der Waals surface area (Å²) < 4.78 is 15.3.